The molecule has 280 valence electrons. The normalized spacial score (nSPS) is 37.3. The lowest BCUT2D eigenvalue weighted by Gasteiger charge is -2.43. The quantitative estimate of drug-likeness (QED) is 0.274. The number of hydrogen-bond acceptors (Lipinski definition) is 0. The van der Waals surface area contributed by atoms with E-state index < -0.39 is 0 Å². The van der Waals surface area contributed by atoms with E-state index in [4.69, 9.17) is 0 Å². The Kier molecular flexibility index (Phi) is 11.2. The van der Waals surface area contributed by atoms with Crippen molar-refractivity contribution >= 4 is 0 Å². The first-order valence-electron chi connectivity index (χ1n) is 23.3. The van der Waals surface area contributed by atoms with E-state index in [9.17, 15) is 0 Å². The van der Waals surface area contributed by atoms with Crippen LogP contribution in [0.1, 0.15) is 189 Å². The molecule has 0 aliphatic heterocycles. The van der Waals surface area contributed by atoms with Gasteiger partial charge >= 0.3 is 0 Å². The van der Waals surface area contributed by atoms with Gasteiger partial charge in [0.15, 0.2) is 0 Å². The van der Waals surface area contributed by atoms with E-state index in [0.717, 1.165) is 47.3 Å². The van der Waals surface area contributed by atoms with Crippen molar-refractivity contribution in [3.8, 4) is 0 Å². The Morgan fingerprint density at radius 1 is 0.442 bits per heavy atom. The van der Waals surface area contributed by atoms with Gasteiger partial charge in [0.05, 0.1) is 0 Å². The average molecular weight is 697 g/mol. The summed E-state index contributed by atoms with van der Waals surface area (Å²) in [5, 5.41) is 0. The molecular weight excluding hydrogens is 625 g/mol. The summed E-state index contributed by atoms with van der Waals surface area (Å²) >= 11 is 0. The van der Waals surface area contributed by atoms with Crippen LogP contribution in [-0.4, -0.2) is 0 Å². The second kappa shape index (κ2) is 16.3. The first-order chi connectivity index (χ1) is 25.7. The minimum Gasteiger partial charge on any atom is -0.0956 e. The Morgan fingerprint density at radius 2 is 1.15 bits per heavy atom. The SMILES string of the molecule is C1=C2CCCCC2C2CCC3CCCC3C2=C1.C=C1CCCC/C1=C/C=C1\CCCC2CCCC12.c1cc2c(c3c1CCCC3)CCC1CCCC21. The molecule has 0 nitrogen and oxygen atoms in total. The molecule has 1 aromatic rings. The van der Waals surface area contributed by atoms with Crippen molar-refractivity contribution in [3.05, 3.63) is 93.1 Å². The molecule has 8 unspecified atom stereocenters. The molecule has 0 aromatic heterocycles. The standard InChI is InChI=1S/C18H26.C17H24.C17H22/c1-14-6-2-3-7-15(14)12-13-17-9-4-8-16-10-5-11-18(16)17;2*1-2-6-14-12(4-1)8-10-17-15-7-3-5-13(15)9-11-16(14)17/h12-13,16,18H,1-11H2;8,10,13-16H,1-7,9,11H2;8,10,13,15H,1-7,9,11H2/b15-12-,17-13+;;. The summed E-state index contributed by atoms with van der Waals surface area (Å²) in [6.45, 7) is 4.23. The fourth-order valence-electron chi connectivity index (χ4n) is 14.2. The lowest BCUT2D eigenvalue weighted by atomic mass is 9.61. The van der Waals surface area contributed by atoms with Crippen LogP contribution in [0.5, 0.6) is 0 Å². The second-order valence-electron chi connectivity index (χ2n) is 19.5. The molecular formula is C52H72. The van der Waals surface area contributed by atoms with Crippen LogP contribution in [0.15, 0.2) is 70.9 Å². The summed E-state index contributed by atoms with van der Waals surface area (Å²) in [5.74, 6) is 7.92. The number of hydrogen-bond donors (Lipinski definition) is 0. The van der Waals surface area contributed by atoms with Crippen molar-refractivity contribution in [1.29, 1.82) is 0 Å². The largest absolute Gasteiger partial charge is 0.0956 e. The Balaban J connectivity index is 0.000000104. The smallest absolute Gasteiger partial charge is 0.0131 e. The summed E-state index contributed by atoms with van der Waals surface area (Å²) in [5.41, 5.74) is 15.4. The Hall–Kier alpha value is -2.08. The van der Waals surface area contributed by atoms with Crippen molar-refractivity contribution in [1.82, 2.24) is 0 Å². The van der Waals surface area contributed by atoms with Crippen LogP contribution < -0.4 is 0 Å². The van der Waals surface area contributed by atoms with Crippen molar-refractivity contribution in [2.75, 3.05) is 0 Å². The highest BCUT2D eigenvalue weighted by atomic mass is 14.5. The maximum absolute atomic E-state index is 4.23. The van der Waals surface area contributed by atoms with Crippen LogP contribution in [0, 0.1) is 41.4 Å². The second-order valence-corrected chi connectivity index (χ2v) is 19.5. The molecule has 10 aliphatic carbocycles. The molecule has 0 amide bonds. The fourth-order valence-corrected chi connectivity index (χ4v) is 14.2. The van der Waals surface area contributed by atoms with E-state index in [1.54, 1.807) is 33.4 Å². The van der Waals surface area contributed by atoms with Gasteiger partial charge in [-0.15, -0.1) is 0 Å². The van der Waals surface area contributed by atoms with Gasteiger partial charge in [0.1, 0.15) is 0 Å². The molecule has 1 aromatic carbocycles. The van der Waals surface area contributed by atoms with Gasteiger partial charge in [-0.3, -0.25) is 0 Å². The highest BCUT2D eigenvalue weighted by Gasteiger charge is 2.42. The number of rotatable bonds is 1. The fraction of sp³-hybridized carbons (Fsp3) is 0.692. The molecule has 7 saturated carbocycles. The lowest BCUT2D eigenvalue weighted by molar-refractivity contribution is 0.225. The highest BCUT2D eigenvalue weighted by Crippen LogP contribution is 2.54. The van der Waals surface area contributed by atoms with Crippen molar-refractivity contribution < 1.29 is 0 Å². The Labute approximate surface area is 319 Å². The van der Waals surface area contributed by atoms with Gasteiger partial charge in [0.25, 0.3) is 0 Å². The number of allylic oxidation sites excluding steroid dienone is 9. The molecule has 0 bridgehead atoms. The minimum atomic E-state index is 0.936. The summed E-state index contributed by atoms with van der Waals surface area (Å²) in [7, 11) is 0. The molecule has 52 heavy (non-hydrogen) atoms. The molecule has 7 fully saturated rings. The molecule has 8 atom stereocenters. The summed E-state index contributed by atoms with van der Waals surface area (Å²) in [6.07, 6.45) is 50.1. The van der Waals surface area contributed by atoms with Crippen molar-refractivity contribution in [2.24, 2.45) is 41.4 Å². The Bertz CT molecular complexity index is 1570. The van der Waals surface area contributed by atoms with Gasteiger partial charge in [0.2, 0.25) is 0 Å². The first kappa shape index (κ1) is 35.6. The number of benzene rings is 1. The third-order valence-corrected chi connectivity index (χ3v) is 16.9. The molecule has 0 N–H and O–H groups in total. The van der Waals surface area contributed by atoms with Gasteiger partial charge < -0.3 is 0 Å². The molecule has 0 heterocycles. The van der Waals surface area contributed by atoms with E-state index >= 15 is 0 Å². The number of fused-ring (bicyclic) bond motifs is 11. The van der Waals surface area contributed by atoms with Crippen LogP contribution in [-0.2, 0) is 19.3 Å². The topological polar surface area (TPSA) is 0 Å². The molecule has 10 aliphatic rings. The maximum Gasteiger partial charge on any atom is -0.0131 e. The van der Waals surface area contributed by atoms with E-state index in [1.807, 2.05) is 5.57 Å². The van der Waals surface area contributed by atoms with Crippen LogP contribution >= 0.6 is 0 Å². The summed E-state index contributed by atoms with van der Waals surface area (Å²) in [6, 6.07) is 4.97. The lowest BCUT2D eigenvalue weighted by Crippen LogP contribution is -2.32. The zero-order valence-corrected chi connectivity index (χ0v) is 33.1. The van der Waals surface area contributed by atoms with Gasteiger partial charge in [-0.2, -0.15) is 0 Å². The van der Waals surface area contributed by atoms with Gasteiger partial charge in [0, 0.05) is 0 Å². The van der Waals surface area contributed by atoms with E-state index in [-0.39, 0.29) is 0 Å². The van der Waals surface area contributed by atoms with E-state index in [1.165, 1.54) is 191 Å². The summed E-state index contributed by atoms with van der Waals surface area (Å²) < 4.78 is 0. The van der Waals surface area contributed by atoms with Crippen LogP contribution in [0.2, 0.25) is 0 Å². The zero-order chi connectivity index (χ0) is 34.9. The minimum absolute atomic E-state index is 0.936. The molecule has 0 heteroatoms. The van der Waals surface area contributed by atoms with E-state index in [2.05, 4.69) is 43.0 Å². The monoisotopic (exact) mass is 697 g/mol. The van der Waals surface area contributed by atoms with Crippen molar-refractivity contribution in [3.63, 3.8) is 0 Å². The van der Waals surface area contributed by atoms with Crippen LogP contribution in [0.3, 0.4) is 0 Å². The van der Waals surface area contributed by atoms with Crippen molar-refractivity contribution in [2.45, 2.75) is 186 Å². The predicted octanol–water partition coefficient (Wildman–Crippen LogP) is 14.8. The van der Waals surface area contributed by atoms with Gasteiger partial charge in [-0.1, -0.05) is 91.0 Å². The van der Waals surface area contributed by atoms with E-state index in [0.29, 0.717) is 0 Å². The maximum atomic E-state index is 4.23. The summed E-state index contributed by atoms with van der Waals surface area (Å²) in [4.78, 5) is 0. The van der Waals surface area contributed by atoms with Crippen LogP contribution in [0.25, 0.3) is 0 Å². The third kappa shape index (κ3) is 7.34. The molecule has 0 radical (unpaired) electrons. The van der Waals surface area contributed by atoms with Gasteiger partial charge in [-0.25, -0.2) is 0 Å². The predicted molar refractivity (Wildman–Crippen MR) is 222 cm³/mol. The Morgan fingerprint density at radius 3 is 2.04 bits per heavy atom. The molecule has 0 saturated heterocycles. The first-order valence-corrected chi connectivity index (χ1v) is 23.3. The van der Waals surface area contributed by atoms with Gasteiger partial charge in [-0.05, 0) is 229 Å². The van der Waals surface area contributed by atoms with Crippen LogP contribution in [0.4, 0.5) is 0 Å². The molecule has 0 spiro atoms. The highest BCUT2D eigenvalue weighted by molar-refractivity contribution is 5.46. The average Bonchev–Trinajstić information content (AvgIpc) is 4.00. The molecule has 11 rings (SSSR count). The third-order valence-electron chi connectivity index (χ3n) is 16.9. The zero-order valence-electron chi connectivity index (χ0n) is 33.1. The number of aryl methyl sites for hydroxylation is 1.